The van der Waals surface area contributed by atoms with Crippen molar-refractivity contribution in [3.8, 4) is 0 Å². The Morgan fingerprint density at radius 2 is 1.04 bits per heavy atom. The molecule has 148 valence electrons. The Balaban J connectivity index is 0.000000415. The van der Waals surface area contributed by atoms with E-state index in [1.54, 1.807) is 23.3 Å². The maximum absolute atomic E-state index is 2.31. The second-order valence-corrected chi connectivity index (χ2v) is 16.4. The first-order valence-electron chi connectivity index (χ1n) is 9.21. The van der Waals surface area contributed by atoms with E-state index in [4.69, 9.17) is 0 Å². The van der Waals surface area contributed by atoms with Gasteiger partial charge in [-0.05, 0) is 11.8 Å². The van der Waals surface area contributed by atoms with Gasteiger partial charge < -0.3 is 24.8 Å². The van der Waals surface area contributed by atoms with Crippen molar-refractivity contribution >= 4 is 29.7 Å². The molecule has 0 bridgehead atoms. The standard InChI is InChI=1S/2C11H11.C2H6Si.2ClH.Zr/c2*1-9-5-7-10-3-2-4-11(10)8-6-9;1-3-2;;;/h2*2-9H,1H3;1-2H3;2*1H;/q2*-1;;;;+2/p-2. The quantitative estimate of drug-likeness (QED) is 0.369. The summed E-state index contributed by atoms with van der Waals surface area (Å²) in [7, 11) is 0. The van der Waals surface area contributed by atoms with E-state index < -0.39 is 0 Å². The average Bonchev–Trinajstić information content (AvgIpc) is 3.16. The predicted octanol–water partition coefficient (Wildman–Crippen LogP) is 0.956. The molecule has 0 nitrogen and oxygen atoms in total. The SMILES string of the molecule is CC1C=Cc2cc[cH-]c2C=C1.CC1C=Cc2cc[cH-]c2C=C1.C[Si](C)=[Zr+2].[Cl-].[Cl-]. The van der Waals surface area contributed by atoms with Crippen LogP contribution in [0.1, 0.15) is 36.1 Å². The van der Waals surface area contributed by atoms with Crippen LogP contribution >= 0.6 is 0 Å². The molecule has 0 saturated carbocycles. The molecule has 4 rings (SSSR count). The third-order valence-electron chi connectivity index (χ3n) is 4.09. The molecule has 0 aromatic heterocycles. The molecular weight excluding hydrogens is 478 g/mol. The number of halogens is 2. The summed E-state index contributed by atoms with van der Waals surface area (Å²) in [6.45, 7) is 9.00. The van der Waals surface area contributed by atoms with Crippen LogP contribution in [0, 0.1) is 11.8 Å². The summed E-state index contributed by atoms with van der Waals surface area (Å²) in [6.07, 6.45) is 17.7. The fourth-order valence-corrected chi connectivity index (χ4v) is 2.65. The van der Waals surface area contributed by atoms with Crippen LogP contribution in [0.15, 0.2) is 60.7 Å². The molecule has 0 N–H and O–H groups in total. The molecule has 28 heavy (non-hydrogen) atoms. The van der Waals surface area contributed by atoms with Gasteiger partial charge in [-0.25, -0.2) is 0 Å². The Kier molecular flexibility index (Phi) is 14.0. The van der Waals surface area contributed by atoms with Gasteiger partial charge in [0.25, 0.3) is 0 Å². The molecule has 0 atom stereocenters. The second-order valence-electron chi connectivity index (χ2n) is 7.03. The Hall–Kier alpha value is -0.660. The topological polar surface area (TPSA) is 0 Å². The number of rotatable bonds is 0. The molecule has 0 radical (unpaired) electrons. The molecule has 0 heterocycles. The molecule has 0 saturated heterocycles. The average molecular weight is 507 g/mol. The summed E-state index contributed by atoms with van der Waals surface area (Å²) in [6, 6.07) is 12.8. The van der Waals surface area contributed by atoms with E-state index in [-0.39, 0.29) is 30.2 Å². The van der Waals surface area contributed by atoms with E-state index in [0.29, 0.717) is 11.8 Å². The van der Waals surface area contributed by atoms with Crippen LogP contribution in [0.2, 0.25) is 13.1 Å². The Morgan fingerprint density at radius 3 is 1.39 bits per heavy atom. The first-order chi connectivity index (χ1) is 12.5. The van der Waals surface area contributed by atoms with E-state index in [2.05, 4.69) is 112 Å². The van der Waals surface area contributed by atoms with Crippen LogP contribution in [-0.2, 0) is 23.3 Å². The van der Waals surface area contributed by atoms with Crippen molar-refractivity contribution in [2.24, 2.45) is 11.8 Å². The summed E-state index contributed by atoms with van der Waals surface area (Å²) >= 11 is 1.74. The summed E-state index contributed by atoms with van der Waals surface area (Å²) in [5.41, 5.74) is 5.56. The third kappa shape index (κ3) is 9.70. The Bertz CT molecular complexity index is 711. The molecule has 0 aliphatic heterocycles. The summed E-state index contributed by atoms with van der Waals surface area (Å²) in [5.74, 6) is 1.14. The van der Waals surface area contributed by atoms with Crippen LogP contribution < -0.4 is 24.8 Å². The van der Waals surface area contributed by atoms with Crippen LogP contribution in [0.3, 0.4) is 0 Å². The van der Waals surface area contributed by atoms with Gasteiger partial charge in [-0.1, -0.05) is 26.0 Å². The van der Waals surface area contributed by atoms with E-state index >= 15 is 0 Å². The molecule has 0 spiro atoms. The van der Waals surface area contributed by atoms with Crippen molar-refractivity contribution in [2.45, 2.75) is 26.9 Å². The van der Waals surface area contributed by atoms with Crippen LogP contribution in [-0.4, -0.2) is 5.43 Å². The fraction of sp³-hybridized carbons (Fsp3) is 0.250. The number of hydrogen-bond acceptors (Lipinski definition) is 0. The van der Waals surface area contributed by atoms with Gasteiger partial charge in [0.05, 0.1) is 0 Å². The molecule has 0 amide bonds. The van der Waals surface area contributed by atoms with Crippen molar-refractivity contribution < 1.29 is 48.1 Å². The van der Waals surface area contributed by atoms with E-state index in [1.165, 1.54) is 22.3 Å². The number of hydrogen-bond donors (Lipinski definition) is 0. The van der Waals surface area contributed by atoms with E-state index in [0.717, 1.165) is 0 Å². The maximum atomic E-state index is 2.31. The first kappa shape index (κ1) is 27.3. The minimum atomic E-state index is 0. The molecular formula is C24H28Cl2SiZr-2. The van der Waals surface area contributed by atoms with Crippen molar-refractivity contribution in [1.29, 1.82) is 0 Å². The molecule has 4 heteroatoms. The monoisotopic (exact) mass is 504 g/mol. The van der Waals surface area contributed by atoms with Crippen LogP contribution in [0.4, 0.5) is 0 Å². The van der Waals surface area contributed by atoms with Crippen molar-refractivity contribution in [3.05, 3.63) is 83.0 Å². The van der Waals surface area contributed by atoms with Gasteiger partial charge in [0.15, 0.2) is 0 Å². The molecule has 2 aliphatic rings. The molecule has 0 fully saturated rings. The van der Waals surface area contributed by atoms with Gasteiger partial charge in [-0.15, -0.1) is 59.7 Å². The van der Waals surface area contributed by atoms with Crippen molar-refractivity contribution in [1.82, 2.24) is 0 Å². The summed E-state index contributed by atoms with van der Waals surface area (Å²) in [4.78, 5) is 0. The second kappa shape index (κ2) is 14.3. The van der Waals surface area contributed by atoms with Gasteiger partial charge in [0, 0.05) is 0 Å². The zero-order chi connectivity index (χ0) is 18.9. The van der Waals surface area contributed by atoms with E-state index in [1.807, 2.05) is 0 Å². The van der Waals surface area contributed by atoms with Gasteiger partial charge in [-0.3, -0.25) is 0 Å². The van der Waals surface area contributed by atoms with Gasteiger partial charge in [-0.2, -0.15) is 35.4 Å². The van der Waals surface area contributed by atoms with Crippen LogP contribution in [0.25, 0.3) is 24.3 Å². The summed E-state index contributed by atoms with van der Waals surface area (Å²) in [5, 5.41) is 0. The van der Waals surface area contributed by atoms with E-state index in [9.17, 15) is 0 Å². The Morgan fingerprint density at radius 1 is 0.714 bits per heavy atom. The van der Waals surface area contributed by atoms with Crippen molar-refractivity contribution in [2.75, 3.05) is 0 Å². The van der Waals surface area contributed by atoms with Crippen LogP contribution in [0.5, 0.6) is 0 Å². The first-order valence-corrected chi connectivity index (χ1v) is 15.4. The zero-order valence-electron chi connectivity index (χ0n) is 17.0. The fourth-order valence-electron chi connectivity index (χ4n) is 2.65. The Labute approximate surface area is 198 Å². The van der Waals surface area contributed by atoms with Gasteiger partial charge in [0.2, 0.25) is 0 Å². The third-order valence-corrected chi connectivity index (χ3v) is 4.09. The van der Waals surface area contributed by atoms with Gasteiger partial charge in [0.1, 0.15) is 0 Å². The number of fused-ring (bicyclic) bond motifs is 2. The summed E-state index contributed by atoms with van der Waals surface area (Å²) < 4.78 is 0. The minimum Gasteiger partial charge on any atom is -1.00 e. The largest absolute Gasteiger partial charge is 1.00 e. The zero-order valence-corrected chi connectivity index (χ0v) is 22.0. The molecule has 2 aromatic rings. The van der Waals surface area contributed by atoms with Gasteiger partial charge >= 0.3 is 41.9 Å². The smallest absolute Gasteiger partial charge is 1.00 e. The predicted molar refractivity (Wildman–Crippen MR) is 116 cm³/mol. The maximum Gasteiger partial charge on any atom is -1.00 e. The van der Waals surface area contributed by atoms with Crippen molar-refractivity contribution in [3.63, 3.8) is 0 Å². The number of allylic oxidation sites excluding steroid dienone is 4. The molecule has 0 unspecified atom stereocenters. The molecule has 2 aromatic carbocycles. The normalized spacial score (nSPS) is 17.8. The molecule has 2 aliphatic carbocycles. The minimum absolute atomic E-state index is 0.